The smallest absolute Gasteiger partial charge is 0.250 e. The summed E-state index contributed by atoms with van der Waals surface area (Å²) in [4.78, 5) is 14.7. The van der Waals surface area contributed by atoms with E-state index in [2.05, 4.69) is 20.9 Å². The first-order valence-corrected chi connectivity index (χ1v) is 9.39. The number of carbonyl (C=O) groups excluding carboxylic acids is 1. The van der Waals surface area contributed by atoms with Crippen LogP contribution in [0.15, 0.2) is 22.8 Å². The number of nitrogens with two attached hydrogens (primary N) is 1. The summed E-state index contributed by atoms with van der Waals surface area (Å²) in [6, 6.07) is 3.63. The van der Waals surface area contributed by atoms with Crippen molar-refractivity contribution < 1.29 is 13.9 Å². The van der Waals surface area contributed by atoms with Crippen LogP contribution in [0, 0.1) is 0 Å². The number of rotatable bonds is 2. The highest BCUT2D eigenvalue weighted by Gasteiger charge is 2.28. The minimum Gasteiger partial charge on any atom is -0.366 e. The molecule has 0 bridgehead atoms. The van der Waals surface area contributed by atoms with E-state index in [-0.39, 0.29) is 5.92 Å². The molecule has 2 aromatic rings. The van der Waals surface area contributed by atoms with E-state index in [0.29, 0.717) is 22.6 Å². The van der Waals surface area contributed by atoms with E-state index < -0.39 is 16.5 Å². The number of halogens is 1. The molecule has 0 saturated carbocycles. The number of H-pyrrole nitrogens is 1. The molecule has 1 aromatic heterocycles. The fraction of sp³-hybridized carbons (Fsp3) is 0.357. The summed E-state index contributed by atoms with van der Waals surface area (Å²) in [5.74, 6) is 0.482. The third kappa shape index (κ3) is 2.83. The summed E-state index contributed by atoms with van der Waals surface area (Å²) >= 11 is 3.40. The fourth-order valence-electron chi connectivity index (χ4n) is 3.04. The maximum Gasteiger partial charge on any atom is 0.250 e. The average Bonchev–Trinajstić information content (AvgIpc) is 2.79. The van der Waals surface area contributed by atoms with E-state index in [1.54, 1.807) is 6.07 Å². The van der Waals surface area contributed by atoms with E-state index in [9.17, 15) is 13.9 Å². The quantitative estimate of drug-likeness (QED) is 0.646. The molecule has 1 saturated heterocycles. The number of hydrogen-bond donors (Lipinski definition) is 4. The molecular formula is C14H17BrN2O3S. The van der Waals surface area contributed by atoms with Crippen molar-refractivity contribution in [2.24, 2.45) is 5.73 Å². The summed E-state index contributed by atoms with van der Waals surface area (Å²) in [6.45, 7) is 0. The zero-order valence-corrected chi connectivity index (χ0v) is 13.7. The van der Waals surface area contributed by atoms with Gasteiger partial charge in [-0.25, -0.2) is 0 Å². The van der Waals surface area contributed by atoms with Gasteiger partial charge in [-0.15, -0.1) is 0 Å². The van der Waals surface area contributed by atoms with Crippen LogP contribution in [0.5, 0.6) is 0 Å². The van der Waals surface area contributed by atoms with Crippen molar-refractivity contribution in [1.29, 1.82) is 0 Å². The van der Waals surface area contributed by atoms with Crippen molar-refractivity contribution in [3.8, 4) is 0 Å². The van der Waals surface area contributed by atoms with E-state index >= 15 is 0 Å². The van der Waals surface area contributed by atoms with Crippen LogP contribution in [-0.4, -0.2) is 31.5 Å². The summed E-state index contributed by atoms with van der Waals surface area (Å²) in [6.07, 6.45) is 3.58. The van der Waals surface area contributed by atoms with Gasteiger partial charge in [0.2, 0.25) is 0 Å². The highest BCUT2D eigenvalue weighted by molar-refractivity contribution is 9.10. The Morgan fingerprint density at radius 1 is 1.43 bits per heavy atom. The molecule has 1 unspecified atom stereocenters. The molecule has 0 aliphatic carbocycles. The number of carbonyl (C=O) groups is 1. The van der Waals surface area contributed by atoms with Crippen LogP contribution in [0.2, 0.25) is 0 Å². The van der Waals surface area contributed by atoms with E-state index in [1.807, 2.05) is 12.3 Å². The number of benzene rings is 1. The zero-order valence-electron chi connectivity index (χ0n) is 11.3. The van der Waals surface area contributed by atoms with Crippen LogP contribution >= 0.6 is 26.5 Å². The molecule has 1 aromatic carbocycles. The molecule has 1 aliphatic heterocycles. The van der Waals surface area contributed by atoms with Gasteiger partial charge in [-0.1, -0.05) is 15.9 Å². The Labute approximate surface area is 132 Å². The second-order valence-corrected chi connectivity index (χ2v) is 8.76. The lowest BCUT2D eigenvalue weighted by Gasteiger charge is -2.40. The van der Waals surface area contributed by atoms with Gasteiger partial charge in [0, 0.05) is 33.5 Å². The Morgan fingerprint density at radius 3 is 2.86 bits per heavy atom. The van der Waals surface area contributed by atoms with Gasteiger partial charge < -0.3 is 10.7 Å². The normalized spacial score (nSPS) is 23.1. The molecule has 1 atom stereocenters. The van der Waals surface area contributed by atoms with Crippen LogP contribution in [0.25, 0.3) is 10.9 Å². The largest absolute Gasteiger partial charge is 0.366 e. The number of fused-ring (bicyclic) bond motifs is 1. The van der Waals surface area contributed by atoms with E-state index in [1.165, 1.54) is 0 Å². The second kappa shape index (κ2) is 5.31. The van der Waals surface area contributed by atoms with Crippen molar-refractivity contribution >= 4 is 43.3 Å². The van der Waals surface area contributed by atoms with Gasteiger partial charge >= 0.3 is 0 Å². The molecule has 7 heteroatoms. The Morgan fingerprint density at radius 2 is 2.19 bits per heavy atom. The topological polar surface area (TPSA) is 99.3 Å². The van der Waals surface area contributed by atoms with Crippen molar-refractivity contribution in [1.82, 2.24) is 4.98 Å². The van der Waals surface area contributed by atoms with Gasteiger partial charge in [0.15, 0.2) is 0 Å². The van der Waals surface area contributed by atoms with Crippen molar-refractivity contribution in [3.63, 3.8) is 0 Å². The molecule has 1 amide bonds. The third-order valence-corrected chi connectivity index (χ3v) is 6.32. The van der Waals surface area contributed by atoms with Crippen LogP contribution in [0.3, 0.4) is 0 Å². The average molecular weight is 373 g/mol. The number of aromatic nitrogens is 1. The lowest BCUT2D eigenvalue weighted by molar-refractivity contribution is 0.100. The molecule has 0 spiro atoms. The fourth-order valence-corrected chi connectivity index (χ4v) is 5.29. The van der Waals surface area contributed by atoms with Crippen molar-refractivity contribution in [2.75, 3.05) is 11.5 Å². The van der Waals surface area contributed by atoms with Gasteiger partial charge in [-0.3, -0.25) is 13.9 Å². The number of nitrogens with one attached hydrogen (secondary N) is 1. The predicted molar refractivity (Wildman–Crippen MR) is 89.1 cm³/mol. The summed E-state index contributed by atoms with van der Waals surface area (Å²) in [7, 11) is -2.48. The summed E-state index contributed by atoms with van der Waals surface area (Å²) in [5, 5.41) is 0.917. The first-order chi connectivity index (χ1) is 9.87. The van der Waals surface area contributed by atoms with Gasteiger partial charge in [-0.2, -0.15) is 10.6 Å². The molecule has 21 heavy (non-hydrogen) atoms. The Balaban J connectivity index is 2.10. The van der Waals surface area contributed by atoms with Crippen LogP contribution in [0.1, 0.15) is 34.7 Å². The minimum atomic E-state index is -2.48. The Hall–Kier alpha value is -1.02. The van der Waals surface area contributed by atoms with Gasteiger partial charge in [0.1, 0.15) is 0 Å². The van der Waals surface area contributed by atoms with Crippen LogP contribution in [-0.2, 0) is 0 Å². The molecule has 1 aliphatic rings. The van der Waals surface area contributed by atoms with Gasteiger partial charge in [0.25, 0.3) is 5.91 Å². The second-order valence-electron chi connectivity index (χ2n) is 5.50. The first kappa shape index (κ1) is 14.9. The lowest BCUT2D eigenvalue weighted by atomic mass is 9.95. The monoisotopic (exact) mass is 372 g/mol. The number of amides is 1. The van der Waals surface area contributed by atoms with Gasteiger partial charge in [0.05, 0.1) is 11.1 Å². The maximum atomic E-state index is 11.6. The predicted octanol–water partition coefficient (Wildman–Crippen LogP) is 3.66. The molecule has 2 heterocycles. The van der Waals surface area contributed by atoms with Crippen molar-refractivity contribution in [2.45, 2.75) is 18.8 Å². The lowest BCUT2D eigenvalue weighted by Crippen LogP contribution is -2.20. The Bertz CT molecular complexity index is 714. The third-order valence-electron chi connectivity index (χ3n) is 3.98. The molecule has 114 valence electrons. The highest BCUT2D eigenvalue weighted by Crippen LogP contribution is 2.50. The number of aromatic amines is 1. The molecular weight excluding hydrogens is 356 g/mol. The van der Waals surface area contributed by atoms with Crippen LogP contribution < -0.4 is 5.73 Å². The molecule has 5 N–H and O–H groups in total. The SMILES string of the molecule is NC(=O)c1cc(Br)cc2c(C3CCCS(O)(O)C3)c[nH]c12. The van der Waals surface area contributed by atoms with Crippen LogP contribution in [0.4, 0.5) is 0 Å². The first-order valence-electron chi connectivity index (χ1n) is 6.71. The van der Waals surface area contributed by atoms with Gasteiger partial charge in [-0.05, 0) is 30.5 Å². The maximum absolute atomic E-state index is 11.6. The number of primary amides is 1. The molecule has 5 nitrogen and oxygen atoms in total. The van der Waals surface area contributed by atoms with Crippen molar-refractivity contribution in [3.05, 3.63) is 33.9 Å². The molecule has 1 fully saturated rings. The molecule has 0 radical (unpaired) electrons. The zero-order chi connectivity index (χ0) is 15.2. The molecule has 3 rings (SSSR count). The summed E-state index contributed by atoms with van der Waals surface area (Å²) in [5.41, 5.74) is 7.59. The summed E-state index contributed by atoms with van der Waals surface area (Å²) < 4.78 is 20.7. The van der Waals surface area contributed by atoms with E-state index in [4.69, 9.17) is 5.73 Å². The minimum absolute atomic E-state index is 0.0903. The standard InChI is InChI=1S/C14H17BrN2O3S/c15-9-4-10-12(8-2-1-3-21(19,20)7-8)6-17-13(10)11(5-9)14(16)18/h4-6,8,17,19-20H,1-3,7H2,(H2,16,18). The Kier molecular flexibility index (Phi) is 3.77. The highest BCUT2D eigenvalue weighted by atomic mass is 79.9. The van der Waals surface area contributed by atoms with E-state index in [0.717, 1.165) is 28.3 Å². The number of hydrogen-bond acceptors (Lipinski definition) is 3.